The van der Waals surface area contributed by atoms with Gasteiger partial charge in [0.25, 0.3) is 0 Å². The molecule has 12 heteroatoms. The molecule has 1 saturated heterocycles. The molecule has 4 heterocycles. The number of anilines is 1. The number of carboxylic acid groups (broad SMARTS) is 1. The summed E-state index contributed by atoms with van der Waals surface area (Å²) in [5, 5.41) is 14.9. The van der Waals surface area contributed by atoms with Crippen molar-refractivity contribution in [2.45, 2.75) is 44.2 Å². The third-order valence-electron chi connectivity index (χ3n) is 8.53. The Labute approximate surface area is 247 Å². The Hall–Kier alpha value is -3.63. The third kappa shape index (κ3) is 4.61. The molecule has 216 valence electrons. The molecule has 1 aliphatic heterocycles. The number of aromatic nitrogens is 3. The number of hydrogen-bond donors (Lipinski definition) is 1. The van der Waals surface area contributed by atoms with Crippen LogP contribution in [0.15, 0.2) is 47.3 Å². The van der Waals surface area contributed by atoms with E-state index in [9.17, 15) is 23.1 Å². The average molecular weight is 615 g/mol. The van der Waals surface area contributed by atoms with Crippen molar-refractivity contribution in [3.05, 3.63) is 75.2 Å². The van der Waals surface area contributed by atoms with Crippen molar-refractivity contribution in [3.63, 3.8) is 0 Å². The van der Waals surface area contributed by atoms with Gasteiger partial charge in [0.05, 0.1) is 26.7 Å². The smallest absolute Gasteiger partial charge is 0.416 e. The number of pyridine rings is 2. The van der Waals surface area contributed by atoms with Crippen molar-refractivity contribution < 1.29 is 27.6 Å². The number of hydrogen-bond acceptors (Lipinski definition) is 6. The molecule has 2 aliphatic carbocycles. The van der Waals surface area contributed by atoms with Crippen LogP contribution < -0.4 is 4.90 Å². The van der Waals surface area contributed by atoms with Gasteiger partial charge in [-0.15, -0.1) is 0 Å². The summed E-state index contributed by atoms with van der Waals surface area (Å²) in [5.41, 5.74) is 1.88. The highest BCUT2D eigenvalue weighted by molar-refractivity contribution is 6.39. The predicted octanol–water partition coefficient (Wildman–Crippen LogP) is 8.26. The molecule has 0 bridgehead atoms. The molecule has 1 N–H and O–H groups in total. The topological polar surface area (TPSA) is 92.3 Å². The van der Waals surface area contributed by atoms with Crippen molar-refractivity contribution >= 4 is 51.5 Å². The summed E-state index contributed by atoms with van der Waals surface area (Å²) in [6.07, 6.45) is 5.27. The molecule has 0 amide bonds. The van der Waals surface area contributed by atoms with Crippen LogP contribution >= 0.6 is 23.2 Å². The predicted molar refractivity (Wildman–Crippen MR) is 152 cm³/mol. The highest BCUT2D eigenvalue weighted by atomic mass is 35.5. The zero-order valence-corrected chi connectivity index (χ0v) is 23.5. The van der Waals surface area contributed by atoms with Gasteiger partial charge in [0.1, 0.15) is 17.3 Å². The van der Waals surface area contributed by atoms with Gasteiger partial charge < -0.3 is 14.5 Å². The third-order valence-corrected chi connectivity index (χ3v) is 9.11. The van der Waals surface area contributed by atoms with E-state index in [1.807, 2.05) is 4.90 Å². The van der Waals surface area contributed by atoms with Crippen LogP contribution in [0.2, 0.25) is 10.0 Å². The van der Waals surface area contributed by atoms with E-state index in [1.165, 1.54) is 18.5 Å². The highest BCUT2D eigenvalue weighted by Crippen LogP contribution is 2.56. The molecule has 2 fully saturated rings. The lowest BCUT2D eigenvalue weighted by molar-refractivity contribution is -0.137. The lowest BCUT2D eigenvalue weighted by Gasteiger charge is -2.46. The molecular weight excluding hydrogens is 592 g/mol. The van der Waals surface area contributed by atoms with Crippen LogP contribution in [0.3, 0.4) is 0 Å². The Kier molecular flexibility index (Phi) is 6.29. The second-order valence-corrected chi connectivity index (χ2v) is 12.1. The second-order valence-electron chi connectivity index (χ2n) is 11.3. The molecule has 0 unspecified atom stereocenters. The molecule has 1 aromatic carbocycles. The summed E-state index contributed by atoms with van der Waals surface area (Å²) in [6, 6.07) is 4.78. The number of halogens is 5. The molecule has 0 radical (unpaired) electrons. The minimum atomic E-state index is -4.68. The first-order valence-corrected chi connectivity index (χ1v) is 14.3. The van der Waals surface area contributed by atoms with Crippen molar-refractivity contribution in [1.82, 2.24) is 15.1 Å². The number of piperidine rings is 1. The Morgan fingerprint density at radius 2 is 1.76 bits per heavy atom. The lowest BCUT2D eigenvalue weighted by Crippen LogP contribution is -2.42. The number of carboxylic acids is 1. The number of benzene rings is 1. The van der Waals surface area contributed by atoms with Crippen LogP contribution in [0.25, 0.3) is 27.7 Å². The molecule has 1 saturated carbocycles. The van der Waals surface area contributed by atoms with Gasteiger partial charge in [0.15, 0.2) is 0 Å². The summed E-state index contributed by atoms with van der Waals surface area (Å²) in [5.74, 6) is 0.295. The van der Waals surface area contributed by atoms with Crippen LogP contribution in [-0.4, -0.2) is 39.3 Å². The maximum absolute atomic E-state index is 13.4. The van der Waals surface area contributed by atoms with E-state index in [1.54, 1.807) is 6.07 Å². The molecule has 1 spiro atoms. The SMILES string of the molecule is O=C(O)c1cc(C(F)(F)F)cc2nc(N3CCC4(C=C(c5c(-c6c(Cl)cncc6Cl)noc5C5CC5)C4)CC3)ccc12. The zero-order chi connectivity index (χ0) is 29.4. The second kappa shape index (κ2) is 9.70. The summed E-state index contributed by atoms with van der Waals surface area (Å²) in [6.45, 7) is 1.31. The lowest BCUT2D eigenvalue weighted by atomic mass is 9.63. The van der Waals surface area contributed by atoms with E-state index >= 15 is 0 Å². The quantitative estimate of drug-likeness (QED) is 0.242. The number of carbonyl (C=O) groups is 1. The molecule has 3 aromatic heterocycles. The van der Waals surface area contributed by atoms with Crippen molar-refractivity contribution in [3.8, 4) is 11.3 Å². The summed E-state index contributed by atoms with van der Waals surface area (Å²) < 4.78 is 46.2. The first-order chi connectivity index (χ1) is 20.0. The Morgan fingerprint density at radius 3 is 2.38 bits per heavy atom. The molecule has 42 heavy (non-hydrogen) atoms. The summed E-state index contributed by atoms with van der Waals surface area (Å²) in [7, 11) is 0. The molecular formula is C30H23Cl2F3N4O3. The fraction of sp³-hybridized carbons (Fsp3) is 0.333. The molecule has 3 aliphatic rings. The Balaban J connectivity index is 1.15. The summed E-state index contributed by atoms with van der Waals surface area (Å²) >= 11 is 12.9. The highest BCUT2D eigenvalue weighted by Gasteiger charge is 2.44. The van der Waals surface area contributed by atoms with Gasteiger partial charge in [-0.05, 0) is 67.4 Å². The number of nitrogens with zero attached hydrogens (tertiary/aromatic N) is 4. The van der Waals surface area contributed by atoms with Crippen LogP contribution in [-0.2, 0) is 6.18 Å². The fourth-order valence-corrected chi connectivity index (χ4v) is 6.71. The van der Waals surface area contributed by atoms with Gasteiger partial charge in [-0.2, -0.15) is 13.2 Å². The minimum absolute atomic E-state index is 0.00636. The maximum atomic E-state index is 13.4. The van der Waals surface area contributed by atoms with Gasteiger partial charge in [-0.3, -0.25) is 4.98 Å². The van der Waals surface area contributed by atoms with E-state index in [-0.39, 0.29) is 16.3 Å². The monoisotopic (exact) mass is 614 g/mol. The number of fused-ring (bicyclic) bond motifs is 1. The van der Waals surface area contributed by atoms with E-state index in [0.29, 0.717) is 52.2 Å². The Morgan fingerprint density at radius 1 is 1.07 bits per heavy atom. The van der Waals surface area contributed by atoms with Crippen LogP contribution in [0.1, 0.15) is 65.3 Å². The van der Waals surface area contributed by atoms with Gasteiger partial charge in [-0.1, -0.05) is 34.4 Å². The first kappa shape index (κ1) is 27.2. The number of allylic oxidation sites excluding steroid dienone is 2. The van der Waals surface area contributed by atoms with Crippen molar-refractivity contribution in [2.24, 2.45) is 5.41 Å². The first-order valence-electron chi connectivity index (χ1n) is 13.5. The fourth-order valence-electron chi connectivity index (χ4n) is 6.17. The van der Waals surface area contributed by atoms with Crippen molar-refractivity contribution in [2.75, 3.05) is 18.0 Å². The van der Waals surface area contributed by atoms with E-state index in [2.05, 4.69) is 21.2 Å². The van der Waals surface area contributed by atoms with Gasteiger partial charge >= 0.3 is 12.1 Å². The van der Waals surface area contributed by atoms with E-state index in [0.717, 1.165) is 55.1 Å². The van der Waals surface area contributed by atoms with Crippen LogP contribution in [0, 0.1) is 5.41 Å². The van der Waals surface area contributed by atoms with Gasteiger partial charge in [0, 0.05) is 47.9 Å². The standard InChI is InChI=1S/C30H23Cl2F3N4O3/c31-20-13-36-14-21(32)25(20)26-24(27(42-38-26)15-1-2-15)16-11-29(12-16)5-7-39(8-6-29)23-4-3-18-19(28(40)41)9-17(30(33,34)35)10-22(18)37-23/h3-4,9-11,13-15H,1-2,5-8,12H2,(H,40,41). The van der Waals surface area contributed by atoms with E-state index < -0.39 is 23.3 Å². The molecule has 4 aromatic rings. The molecule has 7 rings (SSSR count). The number of rotatable bonds is 5. The number of aromatic carboxylic acids is 1. The minimum Gasteiger partial charge on any atom is -0.478 e. The largest absolute Gasteiger partial charge is 0.478 e. The van der Waals surface area contributed by atoms with Gasteiger partial charge in [-0.25, -0.2) is 9.78 Å². The van der Waals surface area contributed by atoms with E-state index in [4.69, 9.17) is 27.7 Å². The maximum Gasteiger partial charge on any atom is 0.416 e. The van der Waals surface area contributed by atoms with Crippen LogP contribution in [0.5, 0.6) is 0 Å². The molecule has 0 atom stereocenters. The normalized spacial score (nSPS) is 18.3. The van der Waals surface area contributed by atoms with Crippen LogP contribution in [0.4, 0.5) is 19.0 Å². The van der Waals surface area contributed by atoms with Crippen molar-refractivity contribution in [1.29, 1.82) is 0 Å². The average Bonchev–Trinajstić information content (AvgIpc) is 3.69. The Bertz CT molecular complexity index is 1770. The zero-order valence-electron chi connectivity index (χ0n) is 22.0. The molecule has 7 nitrogen and oxygen atoms in total. The summed E-state index contributed by atoms with van der Waals surface area (Å²) in [4.78, 5) is 22.2. The number of alkyl halides is 3. The van der Waals surface area contributed by atoms with Gasteiger partial charge in [0.2, 0.25) is 0 Å².